The van der Waals surface area contributed by atoms with Gasteiger partial charge in [-0.2, -0.15) is 5.10 Å². The molecule has 1 aromatic carbocycles. The topological polar surface area (TPSA) is 46.9 Å². The molecule has 22 heavy (non-hydrogen) atoms. The van der Waals surface area contributed by atoms with Gasteiger partial charge in [-0.1, -0.05) is 17.7 Å². The summed E-state index contributed by atoms with van der Waals surface area (Å²) in [6.45, 7) is 10.0. The van der Waals surface area contributed by atoms with E-state index in [1.54, 1.807) is 6.07 Å². The third kappa shape index (κ3) is 3.50. The number of rotatable bonds is 4. The fraction of sp³-hybridized carbons (Fsp3) is 0.412. The van der Waals surface area contributed by atoms with Crippen molar-refractivity contribution in [3.05, 3.63) is 45.7 Å². The van der Waals surface area contributed by atoms with Gasteiger partial charge in [0, 0.05) is 22.8 Å². The van der Waals surface area contributed by atoms with Gasteiger partial charge in [-0.05, 0) is 57.9 Å². The first-order valence-corrected chi connectivity index (χ1v) is 7.75. The highest BCUT2D eigenvalue weighted by Crippen LogP contribution is 2.22. The lowest BCUT2D eigenvalue weighted by Gasteiger charge is -2.15. The van der Waals surface area contributed by atoms with E-state index in [1.807, 2.05) is 44.5 Å². The summed E-state index contributed by atoms with van der Waals surface area (Å²) >= 11 is 5.98. The van der Waals surface area contributed by atoms with E-state index >= 15 is 0 Å². The molecule has 5 heteroatoms. The van der Waals surface area contributed by atoms with Crippen LogP contribution in [0.5, 0.6) is 0 Å². The largest absolute Gasteiger partial charge is 0.326 e. The molecule has 1 aromatic heterocycles. The third-order valence-corrected chi connectivity index (χ3v) is 4.29. The summed E-state index contributed by atoms with van der Waals surface area (Å²) in [7, 11) is 0. The Hall–Kier alpha value is -1.81. The molecule has 0 saturated carbocycles. The highest BCUT2D eigenvalue weighted by Gasteiger charge is 2.16. The molecule has 1 N–H and O–H groups in total. The van der Waals surface area contributed by atoms with Gasteiger partial charge in [-0.15, -0.1) is 0 Å². The monoisotopic (exact) mass is 319 g/mol. The summed E-state index contributed by atoms with van der Waals surface area (Å²) < 4.78 is 1.93. The van der Waals surface area contributed by atoms with E-state index in [1.165, 1.54) is 5.56 Å². The summed E-state index contributed by atoms with van der Waals surface area (Å²) in [6.07, 6.45) is 0.368. The Balaban J connectivity index is 2.08. The normalized spacial score (nSPS) is 12.3. The minimum absolute atomic E-state index is 0.00638. The number of anilines is 1. The molecule has 0 fully saturated rings. The average Bonchev–Trinajstić information content (AvgIpc) is 2.70. The zero-order valence-corrected chi connectivity index (χ0v) is 14.5. The van der Waals surface area contributed by atoms with Crippen molar-refractivity contribution in [3.63, 3.8) is 0 Å². The van der Waals surface area contributed by atoms with Crippen LogP contribution in [0.4, 0.5) is 5.69 Å². The average molecular weight is 320 g/mol. The minimum atomic E-state index is -0.0388. The van der Waals surface area contributed by atoms with Crippen LogP contribution >= 0.6 is 11.6 Å². The van der Waals surface area contributed by atoms with E-state index in [2.05, 4.69) is 17.3 Å². The number of nitrogens with one attached hydrogen (secondary N) is 1. The lowest BCUT2D eigenvalue weighted by Crippen LogP contribution is -2.19. The number of benzene rings is 1. The first-order chi connectivity index (χ1) is 10.3. The molecule has 0 aliphatic rings. The van der Waals surface area contributed by atoms with Crippen LogP contribution in [0.25, 0.3) is 0 Å². The van der Waals surface area contributed by atoms with Crippen LogP contribution in [0, 0.1) is 27.7 Å². The number of carbonyl (C=O) groups excluding carboxylic acids is 1. The van der Waals surface area contributed by atoms with Gasteiger partial charge in [0.05, 0.1) is 11.7 Å². The van der Waals surface area contributed by atoms with Gasteiger partial charge in [0.15, 0.2) is 0 Å². The molecule has 2 aromatic rings. The standard InChI is InChI=1S/C17H22ClN3O/c1-10-6-7-15(18)9-16(10)19-17(22)8-11(2)21-14(5)12(3)13(4)20-21/h6-7,9,11H,8H2,1-5H3,(H,19,22)/t11-/m1/s1. The second-order valence-corrected chi connectivity index (χ2v) is 6.24. The summed E-state index contributed by atoms with van der Waals surface area (Å²) in [6, 6.07) is 5.49. The summed E-state index contributed by atoms with van der Waals surface area (Å²) in [4.78, 5) is 12.3. The molecule has 118 valence electrons. The number of aryl methyl sites for hydroxylation is 2. The molecule has 0 radical (unpaired) electrons. The number of hydrogen-bond acceptors (Lipinski definition) is 2. The smallest absolute Gasteiger partial charge is 0.226 e. The zero-order valence-electron chi connectivity index (χ0n) is 13.7. The number of nitrogens with zero attached hydrogens (tertiary/aromatic N) is 2. The van der Waals surface area contributed by atoms with E-state index in [9.17, 15) is 4.79 Å². The molecule has 1 amide bonds. The van der Waals surface area contributed by atoms with Crippen molar-refractivity contribution in [1.82, 2.24) is 9.78 Å². The number of carbonyl (C=O) groups is 1. The van der Waals surface area contributed by atoms with Crippen molar-refractivity contribution in [2.24, 2.45) is 0 Å². The maximum Gasteiger partial charge on any atom is 0.226 e. The SMILES string of the molecule is Cc1ccc(Cl)cc1NC(=O)C[C@@H](C)n1nc(C)c(C)c1C. The van der Waals surface area contributed by atoms with Gasteiger partial charge in [0.1, 0.15) is 0 Å². The van der Waals surface area contributed by atoms with Crippen LogP contribution in [0.3, 0.4) is 0 Å². The van der Waals surface area contributed by atoms with Crippen molar-refractivity contribution in [2.75, 3.05) is 5.32 Å². The van der Waals surface area contributed by atoms with E-state index in [0.717, 1.165) is 22.6 Å². The molecule has 0 unspecified atom stereocenters. The zero-order chi connectivity index (χ0) is 16.4. The van der Waals surface area contributed by atoms with Crippen LogP contribution in [0.2, 0.25) is 5.02 Å². The molecule has 4 nitrogen and oxygen atoms in total. The van der Waals surface area contributed by atoms with Crippen LogP contribution in [0.1, 0.15) is 41.9 Å². The van der Waals surface area contributed by atoms with Crippen LogP contribution in [-0.2, 0) is 4.79 Å². The summed E-state index contributed by atoms with van der Waals surface area (Å²) in [5.74, 6) is -0.0388. The Morgan fingerprint density at radius 1 is 1.32 bits per heavy atom. The lowest BCUT2D eigenvalue weighted by atomic mass is 10.1. The van der Waals surface area contributed by atoms with Gasteiger partial charge in [0.2, 0.25) is 5.91 Å². The molecule has 0 saturated heterocycles. The first kappa shape index (κ1) is 16.6. The van der Waals surface area contributed by atoms with E-state index in [-0.39, 0.29) is 11.9 Å². The van der Waals surface area contributed by atoms with Gasteiger partial charge in [-0.25, -0.2) is 0 Å². The third-order valence-electron chi connectivity index (χ3n) is 4.06. The van der Waals surface area contributed by atoms with Gasteiger partial charge < -0.3 is 5.32 Å². The lowest BCUT2D eigenvalue weighted by molar-refractivity contribution is -0.116. The maximum absolute atomic E-state index is 12.3. The van der Waals surface area contributed by atoms with Gasteiger partial charge in [-0.3, -0.25) is 9.48 Å². The van der Waals surface area contributed by atoms with Gasteiger partial charge in [0.25, 0.3) is 0 Å². The molecule has 0 aliphatic carbocycles. The first-order valence-electron chi connectivity index (χ1n) is 7.38. The Morgan fingerprint density at radius 2 is 2.00 bits per heavy atom. The Morgan fingerprint density at radius 3 is 2.59 bits per heavy atom. The van der Waals surface area contributed by atoms with Crippen LogP contribution < -0.4 is 5.32 Å². The minimum Gasteiger partial charge on any atom is -0.326 e. The molecule has 1 heterocycles. The Bertz CT molecular complexity index is 706. The molecule has 0 bridgehead atoms. The highest BCUT2D eigenvalue weighted by atomic mass is 35.5. The number of aromatic nitrogens is 2. The fourth-order valence-electron chi connectivity index (χ4n) is 2.46. The van der Waals surface area contributed by atoms with Crippen LogP contribution in [-0.4, -0.2) is 15.7 Å². The molecule has 0 aliphatic heterocycles. The number of hydrogen-bond donors (Lipinski definition) is 1. The van der Waals surface area contributed by atoms with Crippen molar-refractivity contribution < 1.29 is 4.79 Å². The Labute approximate surface area is 136 Å². The second kappa shape index (κ2) is 6.53. The number of amides is 1. The van der Waals surface area contributed by atoms with Gasteiger partial charge >= 0.3 is 0 Å². The fourth-order valence-corrected chi connectivity index (χ4v) is 2.63. The maximum atomic E-state index is 12.3. The predicted molar refractivity (Wildman–Crippen MR) is 90.6 cm³/mol. The quantitative estimate of drug-likeness (QED) is 0.910. The van der Waals surface area contributed by atoms with E-state index in [0.29, 0.717) is 11.4 Å². The summed E-state index contributed by atoms with van der Waals surface area (Å²) in [5.41, 5.74) is 5.05. The van der Waals surface area contributed by atoms with Crippen molar-refractivity contribution in [3.8, 4) is 0 Å². The molecule has 0 spiro atoms. The summed E-state index contributed by atoms with van der Waals surface area (Å²) in [5, 5.41) is 8.06. The van der Waals surface area contributed by atoms with E-state index < -0.39 is 0 Å². The van der Waals surface area contributed by atoms with Crippen molar-refractivity contribution in [1.29, 1.82) is 0 Å². The second-order valence-electron chi connectivity index (χ2n) is 5.80. The number of halogens is 1. The predicted octanol–water partition coefficient (Wildman–Crippen LogP) is 4.36. The Kier molecular flexibility index (Phi) is 4.91. The van der Waals surface area contributed by atoms with E-state index in [4.69, 9.17) is 11.6 Å². The molecular weight excluding hydrogens is 298 g/mol. The molecular formula is C17H22ClN3O. The van der Waals surface area contributed by atoms with Crippen molar-refractivity contribution in [2.45, 2.75) is 47.1 Å². The van der Waals surface area contributed by atoms with Crippen molar-refractivity contribution >= 4 is 23.2 Å². The highest BCUT2D eigenvalue weighted by molar-refractivity contribution is 6.31. The molecule has 2 rings (SSSR count). The van der Waals surface area contributed by atoms with Crippen LogP contribution in [0.15, 0.2) is 18.2 Å². The molecule has 1 atom stereocenters.